The minimum Gasteiger partial charge on any atom is -0.478 e. The molecule has 6 nitrogen and oxygen atoms in total. The summed E-state index contributed by atoms with van der Waals surface area (Å²) in [7, 11) is 0. The van der Waals surface area contributed by atoms with Crippen molar-refractivity contribution in [2.45, 2.75) is 25.5 Å². The van der Waals surface area contributed by atoms with Crippen LogP contribution in [0.2, 0.25) is 5.02 Å². The average Bonchev–Trinajstić information content (AvgIpc) is 2.73. The molecule has 0 aliphatic carbocycles. The minimum absolute atomic E-state index is 0.125. The molecule has 29 heavy (non-hydrogen) atoms. The van der Waals surface area contributed by atoms with Crippen LogP contribution >= 0.6 is 11.6 Å². The number of piperidine rings is 3. The number of fused-ring (bicyclic) bond motifs is 3. The van der Waals surface area contributed by atoms with Crippen molar-refractivity contribution in [2.24, 2.45) is 5.92 Å². The highest BCUT2D eigenvalue weighted by Crippen LogP contribution is 2.32. The van der Waals surface area contributed by atoms with Gasteiger partial charge in [0.15, 0.2) is 0 Å². The molecule has 5 rings (SSSR count). The maximum Gasteiger partial charge on any atom is 0.414 e. The lowest BCUT2D eigenvalue weighted by atomic mass is 9.86. The Morgan fingerprint density at radius 1 is 1.14 bits per heavy atom. The van der Waals surface area contributed by atoms with E-state index in [0.29, 0.717) is 22.2 Å². The Labute approximate surface area is 174 Å². The molecule has 0 spiro atoms. The van der Waals surface area contributed by atoms with E-state index in [4.69, 9.17) is 16.3 Å². The number of aromatic carboxylic acids is 1. The highest BCUT2D eigenvalue weighted by Gasteiger charge is 2.37. The standard InChI is InChI=1S/C22H23ClN2O4/c23-18-6-1-2-7-19(18)25(13-15-4-3-5-17(12-15)21(26)27)22(28)29-20-14-24-10-8-16(20)9-11-24/h1-7,12,16,20H,8-11,13-14H2,(H,26,27)/t20-/m0/s1. The number of ether oxygens (including phenoxy) is 1. The topological polar surface area (TPSA) is 70.1 Å². The molecule has 0 saturated carbocycles. The summed E-state index contributed by atoms with van der Waals surface area (Å²) >= 11 is 6.36. The molecule has 1 N–H and O–H groups in total. The first kappa shape index (κ1) is 19.7. The van der Waals surface area contributed by atoms with Crippen molar-refractivity contribution >= 4 is 29.4 Å². The first-order valence-electron chi connectivity index (χ1n) is 9.78. The van der Waals surface area contributed by atoms with E-state index in [2.05, 4.69) is 4.90 Å². The lowest BCUT2D eigenvalue weighted by Gasteiger charge is -2.44. The Hall–Kier alpha value is -2.57. The van der Waals surface area contributed by atoms with Gasteiger partial charge in [-0.15, -0.1) is 0 Å². The molecule has 2 aromatic rings. The van der Waals surface area contributed by atoms with Crippen molar-refractivity contribution in [3.63, 3.8) is 0 Å². The van der Waals surface area contributed by atoms with Crippen LogP contribution in [0.3, 0.4) is 0 Å². The molecule has 3 heterocycles. The van der Waals surface area contributed by atoms with Crippen molar-refractivity contribution in [2.75, 3.05) is 24.5 Å². The predicted molar refractivity (Wildman–Crippen MR) is 110 cm³/mol. The number of amides is 1. The van der Waals surface area contributed by atoms with Gasteiger partial charge in [-0.1, -0.05) is 35.9 Å². The number of anilines is 1. The molecule has 0 aromatic heterocycles. The van der Waals surface area contributed by atoms with Crippen molar-refractivity contribution in [3.05, 3.63) is 64.7 Å². The molecule has 7 heteroatoms. The van der Waals surface area contributed by atoms with Gasteiger partial charge in [0.2, 0.25) is 0 Å². The van der Waals surface area contributed by atoms with Gasteiger partial charge < -0.3 is 9.84 Å². The Bertz CT molecular complexity index is 911. The monoisotopic (exact) mass is 414 g/mol. The predicted octanol–water partition coefficient (Wildman–Crippen LogP) is 4.28. The summed E-state index contributed by atoms with van der Waals surface area (Å²) in [5.74, 6) is -0.613. The fourth-order valence-electron chi connectivity index (χ4n) is 4.14. The number of carbonyl (C=O) groups is 2. The Morgan fingerprint density at radius 2 is 1.90 bits per heavy atom. The zero-order valence-corrected chi connectivity index (χ0v) is 16.7. The SMILES string of the molecule is O=C(O)c1cccc(CN(C(=O)O[C@H]2CN3CCC2CC3)c2ccccc2Cl)c1. The van der Waals surface area contributed by atoms with E-state index in [0.717, 1.165) is 32.5 Å². The summed E-state index contributed by atoms with van der Waals surface area (Å²) in [5.41, 5.74) is 1.41. The first-order chi connectivity index (χ1) is 14.0. The van der Waals surface area contributed by atoms with Gasteiger partial charge in [0.25, 0.3) is 0 Å². The highest BCUT2D eigenvalue weighted by atomic mass is 35.5. The van der Waals surface area contributed by atoms with Gasteiger partial charge in [0.1, 0.15) is 6.10 Å². The quantitative estimate of drug-likeness (QED) is 0.790. The largest absolute Gasteiger partial charge is 0.478 e. The van der Waals surface area contributed by atoms with Crippen LogP contribution in [0.25, 0.3) is 0 Å². The Kier molecular flexibility index (Phi) is 5.74. The fourth-order valence-corrected chi connectivity index (χ4v) is 4.38. The number of carboxylic acid groups (broad SMARTS) is 1. The van der Waals surface area contributed by atoms with E-state index in [-0.39, 0.29) is 18.2 Å². The van der Waals surface area contributed by atoms with Gasteiger partial charge >= 0.3 is 12.1 Å². The molecule has 3 saturated heterocycles. The number of carboxylic acids is 1. The van der Waals surface area contributed by atoms with E-state index in [9.17, 15) is 14.7 Å². The number of hydrogen-bond acceptors (Lipinski definition) is 4. The van der Waals surface area contributed by atoms with Crippen LogP contribution in [-0.4, -0.2) is 47.8 Å². The number of nitrogens with zero attached hydrogens (tertiary/aromatic N) is 2. The summed E-state index contributed by atoms with van der Waals surface area (Å²) in [5, 5.41) is 9.70. The lowest BCUT2D eigenvalue weighted by molar-refractivity contribution is -0.0311. The second-order valence-electron chi connectivity index (χ2n) is 7.60. The van der Waals surface area contributed by atoms with Crippen LogP contribution in [0.1, 0.15) is 28.8 Å². The van der Waals surface area contributed by atoms with Crippen LogP contribution in [0.15, 0.2) is 48.5 Å². The molecule has 0 radical (unpaired) electrons. The van der Waals surface area contributed by atoms with Gasteiger partial charge in [0.05, 0.1) is 22.8 Å². The maximum atomic E-state index is 13.2. The second-order valence-corrected chi connectivity index (χ2v) is 8.01. The lowest BCUT2D eigenvalue weighted by Crippen LogP contribution is -2.53. The van der Waals surface area contributed by atoms with Crippen LogP contribution in [0.4, 0.5) is 10.5 Å². The van der Waals surface area contributed by atoms with Crippen molar-refractivity contribution in [1.29, 1.82) is 0 Å². The van der Waals surface area contributed by atoms with Crippen molar-refractivity contribution < 1.29 is 19.4 Å². The molecule has 2 bridgehead atoms. The smallest absolute Gasteiger partial charge is 0.414 e. The molecular formula is C22H23ClN2O4. The summed E-state index contributed by atoms with van der Waals surface area (Å²) < 4.78 is 5.92. The first-order valence-corrected chi connectivity index (χ1v) is 10.2. The summed E-state index contributed by atoms with van der Waals surface area (Å²) in [6.07, 6.45) is 1.51. The van der Waals surface area contributed by atoms with Gasteiger partial charge in [-0.25, -0.2) is 9.59 Å². The number of carbonyl (C=O) groups excluding carboxylic acids is 1. The van der Waals surface area contributed by atoms with Gasteiger partial charge in [-0.05, 0) is 61.7 Å². The Balaban J connectivity index is 1.58. The molecule has 152 valence electrons. The third-order valence-electron chi connectivity index (χ3n) is 5.73. The zero-order valence-electron chi connectivity index (χ0n) is 16.0. The number of hydrogen-bond donors (Lipinski definition) is 1. The van der Waals surface area contributed by atoms with Crippen LogP contribution in [0.5, 0.6) is 0 Å². The van der Waals surface area contributed by atoms with E-state index in [1.54, 1.807) is 36.4 Å². The van der Waals surface area contributed by atoms with Crippen LogP contribution in [0, 0.1) is 5.92 Å². The minimum atomic E-state index is -1.01. The van der Waals surface area contributed by atoms with E-state index < -0.39 is 12.1 Å². The van der Waals surface area contributed by atoms with Crippen molar-refractivity contribution in [1.82, 2.24) is 4.90 Å². The molecular weight excluding hydrogens is 392 g/mol. The van der Waals surface area contributed by atoms with Gasteiger partial charge in [0, 0.05) is 6.54 Å². The third-order valence-corrected chi connectivity index (χ3v) is 6.05. The molecule has 3 aliphatic heterocycles. The molecule has 2 aromatic carbocycles. The second kappa shape index (κ2) is 8.43. The summed E-state index contributed by atoms with van der Waals surface area (Å²) in [6, 6.07) is 13.6. The van der Waals surface area contributed by atoms with E-state index in [1.807, 2.05) is 6.07 Å². The third kappa shape index (κ3) is 4.38. The maximum absolute atomic E-state index is 13.2. The summed E-state index contributed by atoms with van der Waals surface area (Å²) in [4.78, 5) is 28.3. The van der Waals surface area contributed by atoms with Crippen LogP contribution < -0.4 is 4.90 Å². The van der Waals surface area contributed by atoms with Gasteiger partial charge in [-0.2, -0.15) is 0 Å². The number of halogens is 1. The zero-order chi connectivity index (χ0) is 20.4. The number of benzene rings is 2. The molecule has 3 aliphatic rings. The molecule has 0 unspecified atom stereocenters. The average molecular weight is 415 g/mol. The van der Waals surface area contributed by atoms with Gasteiger partial charge in [-0.3, -0.25) is 9.80 Å². The number of para-hydroxylation sites is 1. The molecule has 3 fully saturated rings. The molecule has 1 atom stereocenters. The summed E-state index contributed by atoms with van der Waals surface area (Å²) in [6.45, 7) is 3.07. The normalized spacial score (nSPS) is 22.9. The van der Waals surface area contributed by atoms with Crippen LogP contribution in [-0.2, 0) is 11.3 Å². The molecule has 1 amide bonds. The van der Waals surface area contributed by atoms with E-state index in [1.165, 1.54) is 11.0 Å². The highest BCUT2D eigenvalue weighted by molar-refractivity contribution is 6.33. The number of rotatable bonds is 5. The van der Waals surface area contributed by atoms with Crippen molar-refractivity contribution in [3.8, 4) is 0 Å². The Morgan fingerprint density at radius 3 is 2.55 bits per heavy atom. The fraction of sp³-hybridized carbons (Fsp3) is 0.364. The van der Waals surface area contributed by atoms with E-state index >= 15 is 0 Å².